The predicted octanol–water partition coefficient (Wildman–Crippen LogP) is 3.14. The third-order valence-electron chi connectivity index (χ3n) is 2.97. The number of carbonyl (C=O) groups excluding carboxylic acids is 1. The molecule has 0 amide bonds. The Morgan fingerprint density at radius 3 is 2.59 bits per heavy atom. The van der Waals surface area contributed by atoms with Crippen molar-refractivity contribution in [3.63, 3.8) is 0 Å². The minimum absolute atomic E-state index is 0.351. The van der Waals surface area contributed by atoms with Crippen LogP contribution in [0.5, 0.6) is 0 Å². The van der Waals surface area contributed by atoms with Crippen molar-refractivity contribution >= 4 is 23.4 Å². The SMILES string of the molecule is CCCNc1nc(C)cc(Nc2ccc(C(=O)OC)cc2)n1. The van der Waals surface area contributed by atoms with E-state index in [-0.39, 0.29) is 5.97 Å². The summed E-state index contributed by atoms with van der Waals surface area (Å²) in [7, 11) is 1.36. The Morgan fingerprint density at radius 2 is 1.95 bits per heavy atom. The van der Waals surface area contributed by atoms with Crippen molar-refractivity contribution in [3.8, 4) is 0 Å². The molecule has 0 aliphatic heterocycles. The molecule has 6 nitrogen and oxygen atoms in total. The first-order valence-electron chi connectivity index (χ1n) is 7.17. The first-order valence-corrected chi connectivity index (χ1v) is 7.17. The lowest BCUT2D eigenvalue weighted by Crippen LogP contribution is -2.07. The lowest BCUT2D eigenvalue weighted by Gasteiger charge is -2.10. The van der Waals surface area contributed by atoms with E-state index < -0.39 is 0 Å². The number of nitrogens with zero attached hydrogens (tertiary/aromatic N) is 2. The van der Waals surface area contributed by atoms with E-state index in [0.29, 0.717) is 17.3 Å². The van der Waals surface area contributed by atoms with Gasteiger partial charge in [-0.05, 0) is 37.6 Å². The van der Waals surface area contributed by atoms with Gasteiger partial charge in [-0.25, -0.2) is 9.78 Å². The van der Waals surface area contributed by atoms with Gasteiger partial charge in [0, 0.05) is 24.0 Å². The van der Waals surface area contributed by atoms with Crippen LogP contribution in [0.25, 0.3) is 0 Å². The van der Waals surface area contributed by atoms with Crippen molar-refractivity contribution in [1.29, 1.82) is 0 Å². The normalized spacial score (nSPS) is 10.1. The second kappa shape index (κ2) is 7.40. The van der Waals surface area contributed by atoms with Crippen molar-refractivity contribution in [2.75, 3.05) is 24.3 Å². The van der Waals surface area contributed by atoms with Crippen LogP contribution < -0.4 is 10.6 Å². The first-order chi connectivity index (χ1) is 10.6. The maximum atomic E-state index is 11.4. The molecule has 0 radical (unpaired) electrons. The van der Waals surface area contributed by atoms with Gasteiger partial charge in [-0.1, -0.05) is 6.92 Å². The summed E-state index contributed by atoms with van der Waals surface area (Å²) >= 11 is 0. The Kier molecular flexibility index (Phi) is 5.30. The lowest BCUT2D eigenvalue weighted by molar-refractivity contribution is 0.0601. The third-order valence-corrected chi connectivity index (χ3v) is 2.97. The molecule has 0 fully saturated rings. The summed E-state index contributed by atoms with van der Waals surface area (Å²) in [5, 5.41) is 6.37. The molecule has 116 valence electrons. The molecule has 0 aliphatic carbocycles. The fourth-order valence-corrected chi connectivity index (χ4v) is 1.90. The first kappa shape index (κ1) is 15.8. The minimum atomic E-state index is -0.351. The lowest BCUT2D eigenvalue weighted by atomic mass is 10.2. The number of hydrogen-bond donors (Lipinski definition) is 2. The summed E-state index contributed by atoms with van der Waals surface area (Å²) < 4.78 is 4.68. The number of carbonyl (C=O) groups is 1. The highest BCUT2D eigenvalue weighted by molar-refractivity contribution is 5.89. The molecular weight excluding hydrogens is 280 g/mol. The van der Waals surface area contributed by atoms with E-state index in [0.717, 1.165) is 24.3 Å². The summed E-state index contributed by atoms with van der Waals surface area (Å²) in [6.07, 6.45) is 1.01. The second-order valence-electron chi connectivity index (χ2n) is 4.84. The van der Waals surface area contributed by atoms with E-state index in [9.17, 15) is 4.79 Å². The highest BCUT2D eigenvalue weighted by Gasteiger charge is 2.06. The van der Waals surface area contributed by atoms with Crippen molar-refractivity contribution in [3.05, 3.63) is 41.6 Å². The number of anilines is 3. The Balaban J connectivity index is 2.12. The Hall–Kier alpha value is -2.63. The van der Waals surface area contributed by atoms with Gasteiger partial charge in [0.05, 0.1) is 12.7 Å². The number of hydrogen-bond acceptors (Lipinski definition) is 6. The van der Waals surface area contributed by atoms with Gasteiger partial charge in [-0.2, -0.15) is 4.98 Å². The number of rotatable bonds is 6. The van der Waals surface area contributed by atoms with Crippen LogP contribution in [-0.2, 0) is 4.74 Å². The van der Waals surface area contributed by atoms with E-state index in [1.807, 2.05) is 25.1 Å². The number of nitrogens with one attached hydrogen (secondary N) is 2. The molecule has 1 heterocycles. The van der Waals surface area contributed by atoms with E-state index in [2.05, 4.69) is 32.3 Å². The van der Waals surface area contributed by atoms with Gasteiger partial charge in [-0.15, -0.1) is 0 Å². The van der Waals surface area contributed by atoms with Crippen LogP contribution in [0.4, 0.5) is 17.5 Å². The number of methoxy groups -OCH3 is 1. The number of benzene rings is 1. The summed E-state index contributed by atoms with van der Waals surface area (Å²) in [5.41, 5.74) is 2.23. The van der Waals surface area contributed by atoms with Gasteiger partial charge in [-0.3, -0.25) is 0 Å². The number of aryl methyl sites for hydroxylation is 1. The molecule has 1 aromatic carbocycles. The molecule has 2 N–H and O–H groups in total. The molecule has 6 heteroatoms. The van der Waals surface area contributed by atoms with Gasteiger partial charge < -0.3 is 15.4 Å². The molecule has 22 heavy (non-hydrogen) atoms. The standard InChI is InChI=1S/C16H20N4O2/c1-4-9-17-16-18-11(2)10-14(20-16)19-13-7-5-12(6-8-13)15(21)22-3/h5-8,10H,4,9H2,1-3H3,(H2,17,18,19,20). The highest BCUT2D eigenvalue weighted by atomic mass is 16.5. The number of aromatic nitrogens is 2. The van der Waals surface area contributed by atoms with Crippen LogP contribution in [0, 0.1) is 6.92 Å². The van der Waals surface area contributed by atoms with Gasteiger partial charge >= 0.3 is 5.97 Å². The molecular formula is C16H20N4O2. The van der Waals surface area contributed by atoms with Gasteiger partial charge in [0.15, 0.2) is 0 Å². The zero-order chi connectivity index (χ0) is 15.9. The van der Waals surface area contributed by atoms with Crippen molar-refractivity contribution < 1.29 is 9.53 Å². The summed E-state index contributed by atoms with van der Waals surface area (Å²) in [4.78, 5) is 20.2. The van der Waals surface area contributed by atoms with E-state index in [1.54, 1.807) is 12.1 Å². The van der Waals surface area contributed by atoms with Crippen LogP contribution in [0.3, 0.4) is 0 Å². The smallest absolute Gasteiger partial charge is 0.337 e. The molecule has 0 spiro atoms. The Bertz CT molecular complexity index is 641. The van der Waals surface area contributed by atoms with Crippen molar-refractivity contribution in [2.45, 2.75) is 20.3 Å². The van der Waals surface area contributed by atoms with Crippen LogP contribution >= 0.6 is 0 Å². The van der Waals surface area contributed by atoms with E-state index in [4.69, 9.17) is 0 Å². The molecule has 0 bridgehead atoms. The van der Waals surface area contributed by atoms with Gasteiger partial charge in [0.25, 0.3) is 0 Å². The average molecular weight is 300 g/mol. The molecule has 2 rings (SSSR count). The number of ether oxygens (including phenoxy) is 1. The minimum Gasteiger partial charge on any atom is -0.465 e. The zero-order valence-corrected chi connectivity index (χ0v) is 13.0. The van der Waals surface area contributed by atoms with Crippen LogP contribution in [0.15, 0.2) is 30.3 Å². The van der Waals surface area contributed by atoms with Crippen molar-refractivity contribution in [1.82, 2.24) is 9.97 Å². The van der Waals surface area contributed by atoms with E-state index in [1.165, 1.54) is 7.11 Å². The third kappa shape index (κ3) is 4.18. The largest absolute Gasteiger partial charge is 0.465 e. The van der Waals surface area contributed by atoms with Gasteiger partial charge in [0.1, 0.15) is 5.82 Å². The summed E-state index contributed by atoms with van der Waals surface area (Å²) in [5.74, 6) is 0.961. The van der Waals surface area contributed by atoms with E-state index >= 15 is 0 Å². The van der Waals surface area contributed by atoms with Crippen LogP contribution in [0.2, 0.25) is 0 Å². The maximum Gasteiger partial charge on any atom is 0.337 e. The fourth-order valence-electron chi connectivity index (χ4n) is 1.90. The fraction of sp³-hybridized carbons (Fsp3) is 0.312. The molecule has 0 aliphatic rings. The van der Waals surface area contributed by atoms with Crippen LogP contribution in [0.1, 0.15) is 29.4 Å². The Labute approximate surface area is 129 Å². The molecule has 0 saturated carbocycles. The summed E-state index contributed by atoms with van der Waals surface area (Å²) in [6, 6.07) is 8.90. The zero-order valence-electron chi connectivity index (χ0n) is 13.0. The topological polar surface area (TPSA) is 76.1 Å². The molecule has 0 atom stereocenters. The quantitative estimate of drug-likeness (QED) is 0.798. The Morgan fingerprint density at radius 1 is 1.23 bits per heavy atom. The van der Waals surface area contributed by atoms with Crippen molar-refractivity contribution in [2.24, 2.45) is 0 Å². The average Bonchev–Trinajstić information content (AvgIpc) is 2.52. The second-order valence-corrected chi connectivity index (χ2v) is 4.84. The molecule has 0 saturated heterocycles. The number of esters is 1. The summed E-state index contributed by atoms with van der Waals surface area (Å²) in [6.45, 7) is 4.84. The molecule has 0 unspecified atom stereocenters. The van der Waals surface area contributed by atoms with Gasteiger partial charge in [0.2, 0.25) is 5.95 Å². The molecule has 2 aromatic rings. The predicted molar refractivity (Wildman–Crippen MR) is 86.6 cm³/mol. The monoisotopic (exact) mass is 300 g/mol. The molecule has 1 aromatic heterocycles. The highest BCUT2D eigenvalue weighted by Crippen LogP contribution is 2.17. The van der Waals surface area contributed by atoms with Crippen LogP contribution in [-0.4, -0.2) is 29.6 Å². The maximum absolute atomic E-state index is 11.4.